The Hall–Kier alpha value is -6.74. The van der Waals surface area contributed by atoms with E-state index in [1.165, 1.54) is 81.8 Å². The van der Waals surface area contributed by atoms with Crippen molar-refractivity contribution in [3.8, 4) is 43.8 Å². The van der Waals surface area contributed by atoms with E-state index in [4.69, 9.17) is 0 Å². The van der Waals surface area contributed by atoms with Crippen molar-refractivity contribution in [1.82, 2.24) is 0 Å². The van der Waals surface area contributed by atoms with E-state index in [1.54, 1.807) is 0 Å². The molecule has 1 heterocycles. The van der Waals surface area contributed by atoms with Gasteiger partial charge in [-0.15, -0.1) is 11.3 Å². The molecule has 0 saturated heterocycles. The SMILES string of the molecule is CCC1(CC)c2cc(/C=C/c3ccc(-c4cc(-c5ccccc5)ccc4-c4cc5ccccc5s4)cc3)ccc2-c2ccc(N(c3ccccc3)c3ccccc3)cc21. The van der Waals surface area contributed by atoms with Crippen molar-refractivity contribution < 1.29 is 0 Å². The van der Waals surface area contributed by atoms with Crippen LogP contribution in [0, 0.1) is 0 Å². The second-order valence-electron chi connectivity index (χ2n) is 15.6. The molecule has 2 heteroatoms. The fourth-order valence-corrected chi connectivity index (χ4v) is 10.3. The van der Waals surface area contributed by atoms with Gasteiger partial charge in [-0.1, -0.05) is 172 Å². The third-order valence-corrected chi connectivity index (χ3v) is 13.5. The maximum atomic E-state index is 2.46. The maximum Gasteiger partial charge on any atom is 0.0465 e. The summed E-state index contributed by atoms with van der Waals surface area (Å²) in [5.41, 5.74) is 17.6. The van der Waals surface area contributed by atoms with Crippen LogP contribution in [0.15, 0.2) is 200 Å². The van der Waals surface area contributed by atoms with E-state index in [0.29, 0.717) is 0 Å². The van der Waals surface area contributed by atoms with Crippen molar-refractivity contribution in [2.75, 3.05) is 4.90 Å². The molecule has 1 aromatic heterocycles. The lowest BCUT2D eigenvalue weighted by Crippen LogP contribution is -2.23. The summed E-state index contributed by atoms with van der Waals surface area (Å²) in [7, 11) is 0. The first-order chi connectivity index (χ1) is 29.1. The molecule has 9 aromatic rings. The van der Waals surface area contributed by atoms with Crippen LogP contribution in [-0.4, -0.2) is 0 Å². The molecule has 1 nitrogen and oxygen atoms in total. The van der Waals surface area contributed by atoms with Crippen molar-refractivity contribution in [3.63, 3.8) is 0 Å². The summed E-state index contributed by atoms with van der Waals surface area (Å²) in [5, 5.41) is 1.29. The van der Waals surface area contributed by atoms with Gasteiger partial charge in [0.15, 0.2) is 0 Å². The van der Waals surface area contributed by atoms with Gasteiger partial charge in [-0.05, 0) is 134 Å². The Balaban J connectivity index is 0.969. The standard InChI is InChI=1S/C57H45NS/c1-3-57(4-2)53-36-41(28-33-49(53)50-35-32-48(39-54(50)57)58(46-19-10-6-11-20-46)47-21-12-7-13-22-47)25-24-40-26-29-43(30-27-40)52-37-44(42-16-8-5-9-17-42)31-34-51(52)56-38-45-18-14-15-23-55(45)59-56/h5-39H,3-4H2,1-2H3/b25-24+. The van der Waals surface area contributed by atoms with Crippen LogP contribution in [-0.2, 0) is 5.41 Å². The molecule has 0 radical (unpaired) electrons. The molecule has 59 heavy (non-hydrogen) atoms. The molecule has 8 aromatic carbocycles. The van der Waals surface area contributed by atoms with E-state index in [-0.39, 0.29) is 5.41 Å². The van der Waals surface area contributed by atoms with E-state index in [1.807, 2.05) is 11.3 Å². The van der Waals surface area contributed by atoms with Gasteiger partial charge in [0.1, 0.15) is 0 Å². The first-order valence-electron chi connectivity index (χ1n) is 20.8. The van der Waals surface area contributed by atoms with Crippen molar-refractivity contribution in [2.24, 2.45) is 0 Å². The highest BCUT2D eigenvalue weighted by Gasteiger charge is 2.41. The molecule has 0 N–H and O–H groups in total. The number of rotatable bonds is 10. The lowest BCUT2D eigenvalue weighted by atomic mass is 9.73. The normalized spacial score (nSPS) is 12.8. The Kier molecular flexibility index (Phi) is 9.64. The number of anilines is 3. The molecule has 10 rings (SSSR count). The molecule has 0 aliphatic heterocycles. The van der Waals surface area contributed by atoms with E-state index < -0.39 is 0 Å². The highest BCUT2D eigenvalue weighted by atomic mass is 32.1. The van der Waals surface area contributed by atoms with Crippen molar-refractivity contribution in [2.45, 2.75) is 32.1 Å². The summed E-state index contributed by atoms with van der Waals surface area (Å²) in [6.45, 7) is 4.71. The Morgan fingerprint density at radius 2 is 0.983 bits per heavy atom. The summed E-state index contributed by atoms with van der Waals surface area (Å²) in [4.78, 5) is 3.67. The fourth-order valence-electron chi connectivity index (χ4n) is 9.25. The molecular weight excluding hydrogens is 731 g/mol. The third kappa shape index (κ3) is 6.70. The van der Waals surface area contributed by atoms with Gasteiger partial charge in [0.2, 0.25) is 0 Å². The summed E-state index contributed by atoms with van der Waals surface area (Å²) in [6, 6.07) is 73.3. The molecule has 0 bridgehead atoms. The molecule has 0 saturated carbocycles. The van der Waals surface area contributed by atoms with E-state index in [0.717, 1.165) is 24.2 Å². The first kappa shape index (κ1) is 36.6. The number of fused-ring (bicyclic) bond motifs is 4. The zero-order valence-corrected chi connectivity index (χ0v) is 34.3. The largest absolute Gasteiger partial charge is 0.310 e. The van der Waals surface area contributed by atoms with Crippen LogP contribution in [0.3, 0.4) is 0 Å². The van der Waals surface area contributed by atoms with Crippen LogP contribution in [0.1, 0.15) is 48.9 Å². The highest BCUT2D eigenvalue weighted by Crippen LogP contribution is 2.54. The number of thiophene rings is 1. The van der Waals surface area contributed by atoms with Crippen LogP contribution in [0.25, 0.3) is 66.1 Å². The highest BCUT2D eigenvalue weighted by molar-refractivity contribution is 7.22. The zero-order chi connectivity index (χ0) is 39.8. The Labute approximate surface area is 352 Å². The van der Waals surface area contributed by atoms with Gasteiger partial charge in [0, 0.05) is 32.1 Å². The van der Waals surface area contributed by atoms with Gasteiger partial charge in [-0.25, -0.2) is 0 Å². The Morgan fingerprint density at radius 3 is 1.66 bits per heavy atom. The van der Waals surface area contributed by atoms with Gasteiger partial charge in [-0.2, -0.15) is 0 Å². The molecule has 284 valence electrons. The predicted octanol–water partition coefficient (Wildman–Crippen LogP) is 16.6. The van der Waals surface area contributed by atoms with Crippen LogP contribution < -0.4 is 4.90 Å². The minimum atomic E-state index is -0.0639. The van der Waals surface area contributed by atoms with Crippen LogP contribution in [0.5, 0.6) is 0 Å². The zero-order valence-electron chi connectivity index (χ0n) is 33.5. The Bertz CT molecular complexity index is 2860. The molecule has 1 aliphatic carbocycles. The summed E-state index contributed by atoms with van der Waals surface area (Å²) >= 11 is 1.86. The second-order valence-corrected chi connectivity index (χ2v) is 16.6. The monoisotopic (exact) mass is 775 g/mol. The fraction of sp³-hybridized carbons (Fsp3) is 0.0877. The first-order valence-corrected chi connectivity index (χ1v) is 21.6. The summed E-state index contributed by atoms with van der Waals surface area (Å²) in [5.74, 6) is 0. The van der Waals surface area contributed by atoms with Crippen LogP contribution >= 0.6 is 11.3 Å². The molecular formula is C57H45NS. The number of nitrogens with zero attached hydrogens (tertiary/aromatic N) is 1. The molecule has 0 atom stereocenters. The average Bonchev–Trinajstić information content (AvgIpc) is 3.86. The predicted molar refractivity (Wildman–Crippen MR) is 255 cm³/mol. The Morgan fingerprint density at radius 1 is 0.424 bits per heavy atom. The average molecular weight is 776 g/mol. The van der Waals surface area contributed by atoms with Gasteiger partial charge in [-0.3, -0.25) is 0 Å². The van der Waals surface area contributed by atoms with Gasteiger partial charge < -0.3 is 4.90 Å². The van der Waals surface area contributed by atoms with Crippen molar-refractivity contribution in [1.29, 1.82) is 0 Å². The summed E-state index contributed by atoms with van der Waals surface area (Å²) in [6.07, 6.45) is 6.61. The molecule has 0 spiro atoms. The van der Waals surface area contributed by atoms with Crippen molar-refractivity contribution >= 4 is 50.6 Å². The smallest absolute Gasteiger partial charge is 0.0465 e. The van der Waals surface area contributed by atoms with Gasteiger partial charge >= 0.3 is 0 Å². The molecule has 0 amide bonds. The second kappa shape index (κ2) is 15.5. The lowest BCUT2D eigenvalue weighted by molar-refractivity contribution is 0.490. The minimum absolute atomic E-state index is 0.0639. The number of para-hydroxylation sites is 2. The quantitative estimate of drug-likeness (QED) is 0.125. The molecule has 1 aliphatic rings. The van der Waals surface area contributed by atoms with E-state index in [9.17, 15) is 0 Å². The van der Waals surface area contributed by atoms with Crippen molar-refractivity contribution in [3.05, 3.63) is 222 Å². The maximum absolute atomic E-state index is 2.46. The van der Waals surface area contributed by atoms with E-state index >= 15 is 0 Å². The third-order valence-electron chi connectivity index (χ3n) is 12.4. The topological polar surface area (TPSA) is 3.24 Å². The summed E-state index contributed by atoms with van der Waals surface area (Å²) < 4.78 is 1.31. The van der Waals surface area contributed by atoms with Gasteiger partial charge in [0.05, 0.1) is 0 Å². The number of hydrogen-bond acceptors (Lipinski definition) is 2. The lowest BCUT2D eigenvalue weighted by Gasteiger charge is -2.32. The minimum Gasteiger partial charge on any atom is -0.310 e. The van der Waals surface area contributed by atoms with Crippen LogP contribution in [0.4, 0.5) is 17.1 Å². The number of benzene rings is 8. The number of hydrogen-bond donors (Lipinski definition) is 0. The van der Waals surface area contributed by atoms with Gasteiger partial charge in [0.25, 0.3) is 0 Å². The van der Waals surface area contributed by atoms with E-state index in [2.05, 4.69) is 231 Å². The van der Waals surface area contributed by atoms with Crippen LogP contribution in [0.2, 0.25) is 0 Å². The molecule has 0 unspecified atom stereocenters. The molecule has 0 fully saturated rings.